The number of hydrogen-bond donors (Lipinski definition) is 0. The quantitative estimate of drug-likeness (QED) is 0.293. The highest BCUT2D eigenvalue weighted by molar-refractivity contribution is 8.03. The van der Waals surface area contributed by atoms with E-state index in [1.807, 2.05) is 37.6 Å². The summed E-state index contributed by atoms with van der Waals surface area (Å²) in [6.07, 6.45) is 6.78. The first-order valence-electron chi connectivity index (χ1n) is 11.0. The molecule has 4 heteroatoms. The Hall–Kier alpha value is -2.14. The van der Waals surface area contributed by atoms with Crippen molar-refractivity contribution >= 4 is 45.9 Å². The number of nitrogens with zero attached hydrogens (tertiary/aromatic N) is 2. The molecule has 0 N–H and O–H groups in total. The van der Waals surface area contributed by atoms with Crippen LogP contribution in [0.2, 0.25) is 0 Å². The molecule has 31 heavy (non-hydrogen) atoms. The van der Waals surface area contributed by atoms with Crippen LogP contribution in [0.4, 0.5) is 11.4 Å². The number of aryl methyl sites for hydroxylation is 2. The van der Waals surface area contributed by atoms with Crippen molar-refractivity contribution in [2.45, 2.75) is 44.4 Å². The van der Waals surface area contributed by atoms with Crippen molar-refractivity contribution in [1.82, 2.24) is 3.89 Å². The molecule has 2 aliphatic rings. The third-order valence-corrected chi connectivity index (χ3v) is 8.31. The van der Waals surface area contributed by atoms with Crippen LogP contribution in [-0.2, 0) is 0 Å². The number of benzene rings is 3. The maximum atomic E-state index is 2.42. The van der Waals surface area contributed by atoms with Gasteiger partial charge in [-0.1, -0.05) is 49.9 Å². The molecule has 0 aliphatic carbocycles. The van der Waals surface area contributed by atoms with E-state index in [0.29, 0.717) is 0 Å². The van der Waals surface area contributed by atoms with Crippen molar-refractivity contribution in [3.05, 3.63) is 83.0 Å². The lowest BCUT2D eigenvalue weighted by atomic mass is 10.1. The van der Waals surface area contributed by atoms with Gasteiger partial charge in [0, 0.05) is 22.9 Å². The van der Waals surface area contributed by atoms with Crippen LogP contribution >= 0.6 is 23.7 Å². The van der Waals surface area contributed by atoms with Crippen LogP contribution in [0, 0.1) is 13.8 Å². The van der Waals surface area contributed by atoms with Crippen LogP contribution < -0.4 is 8.79 Å². The van der Waals surface area contributed by atoms with E-state index in [0.717, 1.165) is 10.4 Å². The zero-order valence-electron chi connectivity index (χ0n) is 19.3. The molecule has 0 amide bonds. The maximum absolute atomic E-state index is 2.42. The number of anilines is 1. The average Bonchev–Trinajstić information content (AvgIpc) is 3.10. The maximum Gasteiger partial charge on any atom is 0.169 e. The molecule has 0 radical (unpaired) electrons. The van der Waals surface area contributed by atoms with Gasteiger partial charge in [0.25, 0.3) is 0 Å². The van der Waals surface area contributed by atoms with Crippen molar-refractivity contribution in [1.29, 1.82) is 0 Å². The summed E-state index contributed by atoms with van der Waals surface area (Å²) in [7, 11) is 2.26. The topological polar surface area (TPSA) is 3.24 Å². The molecule has 0 aromatic heterocycles. The average molecular weight is 448 g/mol. The van der Waals surface area contributed by atoms with Gasteiger partial charge in [0.2, 0.25) is 0 Å². The minimum Gasteiger partial charge on any atom is -0.335 e. The highest BCUT2D eigenvalue weighted by atomic mass is 32.2. The number of quaternary nitrogens is 1. The summed E-state index contributed by atoms with van der Waals surface area (Å²) < 4.78 is 0.784. The first-order chi connectivity index (χ1) is 15.0. The molecule has 0 spiro atoms. The predicted octanol–water partition coefficient (Wildman–Crippen LogP) is 8.43. The minimum atomic E-state index is 0.784. The highest BCUT2D eigenvalue weighted by Crippen LogP contribution is 2.55. The van der Waals surface area contributed by atoms with Gasteiger partial charge in [-0.3, -0.25) is 0 Å². The van der Waals surface area contributed by atoms with Crippen LogP contribution in [-0.4, -0.2) is 13.6 Å². The molecule has 160 valence electrons. The summed E-state index contributed by atoms with van der Waals surface area (Å²) in [6.45, 7) is 11.6. The first kappa shape index (κ1) is 22.1. The summed E-state index contributed by atoms with van der Waals surface area (Å²) >= 11 is 3.79. The smallest absolute Gasteiger partial charge is 0.169 e. The molecule has 2 heterocycles. The summed E-state index contributed by atoms with van der Waals surface area (Å²) in [4.78, 5) is 5.19. The normalized spacial score (nSPS) is 20.5. The molecule has 2 nitrogen and oxygen atoms in total. The van der Waals surface area contributed by atoms with Crippen LogP contribution in [0.1, 0.15) is 31.9 Å². The zero-order chi connectivity index (χ0) is 22.2. The Morgan fingerprint density at radius 3 is 2.52 bits per heavy atom. The van der Waals surface area contributed by atoms with E-state index in [2.05, 4.69) is 99.6 Å². The van der Waals surface area contributed by atoms with Crippen LogP contribution in [0.25, 0.3) is 10.8 Å². The van der Waals surface area contributed by atoms with E-state index in [9.17, 15) is 0 Å². The molecule has 0 saturated heterocycles. The fraction of sp³-hybridized carbons (Fsp3) is 0.259. The van der Waals surface area contributed by atoms with Gasteiger partial charge < -0.3 is 4.90 Å². The molecular formula is C27H31N2S2+. The second-order valence-corrected chi connectivity index (χ2v) is 10.2. The lowest BCUT2D eigenvalue weighted by Gasteiger charge is -2.36. The molecule has 3 aromatic rings. The Balaban J connectivity index is 0.00000112. The molecule has 3 aromatic carbocycles. The van der Waals surface area contributed by atoms with Gasteiger partial charge in [0.05, 0.1) is 17.8 Å². The van der Waals surface area contributed by atoms with Gasteiger partial charge in [-0.25, -0.2) is 3.89 Å². The number of rotatable bonds is 3. The molecule has 0 fully saturated rings. The molecule has 2 aliphatic heterocycles. The van der Waals surface area contributed by atoms with Crippen molar-refractivity contribution in [2.75, 3.05) is 18.5 Å². The van der Waals surface area contributed by atoms with E-state index in [1.54, 1.807) is 0 Å². The lowest BCUT2D eigenvalue weighted by molar-refractivity contribution is 0.685. The van der Waals surface area contributed by atoms with Gasteiger partial charge in [-0.2, -0.15) is 0 Å². The monoisotopic (exact) mass is 447 g/mol. The number of hydrogen-bond acceptors (Lipinski definition) is 3. The summed E-state index contributed by atoms with van der Waals surface area (Å²) in [5.41, 5.74) is 5.45. The highest BCUT2D eigenvalue weighted by Gasteiger charge is 2.41. The second-order valence-electron chi connectivity index (χ2n) is 7.81. The van der Waals surface area contributed by atoms with Gasteiger partial charge in [0.1, 0.15) is 23.0 Å². The standard InChI is InChI=1S/C25H25N2S2.C2H6/c1-5-26-21-15-17(2)18(3)16-23(21)28-24(26)11-8-14-27(4)22-13-12-19-9-6-7-10-20(19)25(22)29-27;1-2/h6-16H,5H2,1-4H3;1-2H3/q+1;/b14-8+,24-11-;. The Kier molecular flexibility index (Phi) is 6.25. The SMILES string of the molecule is CC.CCN1/C(=C/C=C/[N+]2(C)Sc3c2ccc2ccccc32)Sc2cc(C)c(C)cc21. The lowest BCUT2D eigenvalue weighted by Crippen LogP contribution is -2.37. The number of allylic oxidation sites excluding steroid dienone is 2. The first-order valence-corrected chi connectivity index (χ1v) is 12.6. The fourth-order valence-electron chi connectivity index (χ4n) is 4.08. The zero-order valence-corrected chi connectivity index (χ0v) is 20.9. The van der Waals surface area contributed by atoms with Gasteiger partial charge in [-0.15, -0.1) is 0 Å². The number of thioether (sulfide) groups is 1. The Morgan fingerprint density at radius 1 is 1.00 bits per heavy atom. The number of fused-ring (bicyclic) bond motifs is 4. The van der Waals surface area contributed by atoms with E-state index < -0.39 is 0 Å². The van der Waals surface area contributed by atoms with Crippen LogP contribution in [0.5, 0.6) is 0 Å². The summed E-state index contributed by atoms with van der Waals surface area (Å²) in [5.74, 6) is 0. The second kappa shape index (κ2) is 8.78. The summed E-state index contributed by atoms with van der Waals surface area (Å²) in [5, 5.41) is 3.99. The van der Waals surface area contributed by atoms with Gasteiger partial charge in [0.15, 0.2) is 5.69 Å². The summed E-state index contributed by atoms with van der Waals surface area (Å²) in [6, 6.07) is 17.8. The van der Waals surface area contributed by atoms with Gasteiger partial charge in [-0.05, 0) is 67.6 Å². The van der Waals surface area contributed by atoms with E-state index in [1.165, 1.54) is 48.1 Å². The van der Waals surface area contributed by atoms with Crippen molar-refractivity contribution < 1.29 is 0 Å². The molecule has 0 bridgehead atoms. The molecule has 1 atom stereocenters. The van der Waals surface area contributed by atoms with E-state index in [4.69, 9.17) is 0 Å². The van der Waals surface area contributed by atoms with Crippen LogP contribution in [0.3, 0.4) is 0 Å². The largest absolute Gasteiger partial charge is 0.335 e. The van der Waals surface area contributed by atoms with Crippen LogP contribution in [0.15, 0.2) is 81.7 Å². The third kappa shape index (κ3) is 3.82. The van der Waals surface area contributed by atoms with E-state index >= 15 is 0 Å². The molecule has 0 saturated carbocycles. The Labute approximate surface area is 195 Å². The Bertz CT molecular complexity index is 1200. The van der Waals surface area contributed by atoms with Crippen molar-refractivity contribution in [3.63, 3.8) is 0 Å². The third-order valence-electron chi connectivity index (χ3n) is 5.89. The van der Waals surface area contributed by atoms with E-state index in [-0.39, 0.29) is 0 Å². The van der Waals surface area contributed by atoms with Crippen molar-refractivity contribution in [2.24, 2.45) is 0 Å². The fourth-order valence-corrected chi connectivity index (χ4v) is 6.56. The molecule has 1 unspecified atom stereocenters. The predicted molar refractivity (Wildman–Crippen MR) is 141 cm³/mol. The Morgan fingerprint density at radius 2 is 1.74 bits per heavy atom. The molecule has 5 rings (SSSR count). The molecular weight excluding hydrogens is 416 g/mol. The van der Waals surface area contributed by atoms with Crippen molar-refractivity contribution in [3.8, 4) is 0 Å². The minimum absolute atomic E-state index is 0.784. The van der Waals surface area contributed by atoms with Gasteiger partial charge >= 0.3 is 0 Å².